The second-order valence-electron chi connectivity index (χ2n) is 9.72. The molecule has 1 N–H and O–H groups in total. The third-order valence-corrected chi connectivity index (χ3v) is 6.76. The van der Waals surface area contributed by atoms with Gasteiger partial charge in [-0.25, -0.2) is 4.98 Å². The number of benzene rings is 2. The van der Waals surface area contributed by atoms with Gasteiger partial charge in [0, 0.05) is 11.6 Å². The molecule has 3 aromatic rings. The van der Waals surface area contributed by atoms with Crippen molar-refractivity contribution in [1.29, 1.82) is 0 Å². The number of hydrogen-bond acceptors (Lipinski definition) is 4. The predicted molar refractivity (Wildman–Crippen MR) is 148 cm³/mol. The Morgan fingerprint density at radius 3 is 2.00 bits per heavy atom. The number of phenolic OH excluding ortho intramolecular Hbond substituents is 1. The van der Waals surface area contributed by atoms with E-state index in [9.17, 15) is 5.11 Å². The van der Waals surface area contributed by atoms with Crippen LogP contribution in [0.25, 0.3) is 10.8 Å². The molecule has 0 aliphatic heterocycles. The summed E-state index contributed by atoms with van der Waals surface area (Å²) in [7, 11) is 0. The van der Waals surface area contributed by atoms with E-state index in [2.05, 4.69) is 28.2 Å². The Morgan fingerprint density at radius 1 is 0.686 bits per heavy atom. The van der Waals surface area contributed by atoms with Crippen molar-refractivity contribution in [2.75, 3.05) is 0 Å². The summed E-state index contributed by atoms with van der Waals surface area (Å²) in [4.78, 5) is 4.34. The van der Waals surface area contributed by atoms with Gasteiger partial charge in [-0.2, -0.15) is 0 Å². The number of nitrogens with zero attached hydrogens (tertiary/aromatic N) is 3. The van der Waals surface area contributed by atoms with Gasteiger partial charge in [-0.3, -0.25) is 0 Å². The molecule has 1 aromatic heterocycles. The van der Waals surface area contributed by atoms with E-state index in [-0.39, 0.29) is 5.75 Å². The van der Waals surface area contributed by atoms with Crippen LogP contribution in [-0.2, 0) is 6.42 Å². The Morgan fingerprint density at radius 2 is 1.31 bits per heavy atom. The van der Waals surface area contributed by atoms with E-state index in [1.165, 1.54) is 95.5 Å². The number of aryl methyl sites for hydroxylation is 1. The Hall–Kier alpha value is -2.75. The largest absolute Gasteiger partial charge is 0.506 e. The number of unbranched alkanes of at least 4 members (excludes halogenated alkanes) is 13. The fourth-order valence-corrected chi connectivity index (χ4v) is 4.64. The van der Waals surface area contributed by atoms with Gasteiger partial charge in [0.05, 0.1) is 0 Å². The molecule has 0 atom stereocenters. The summed E-state index contributed by atoms with van der Waals surface area (Å²) in [5, 5.41) is 20.8. The van der Waals surface area contributed by atoms with Gasteiger partial charge in [0.25, 0.3) is 0 Å². The fraction of sp³-hybridized carbons (Fsp3) is 0.516. The number of phenols is 1. The van der Waals surface area contributed by atoms with Crippen molar-refractivity contribution >= 4 is 22.3 Å². The van der Waals surface area contributed by atoms with Crippen molar-refractivity contribution in [2.24, 2.45) is 10.2 Å². The number of fused-ring (bicyclic) bond motifs is 1. The molecule has 35 heavy (non-hydrogen) atoms. The molecular weight excluding hydrogens is 430 g/mol. The molecule has 0 saturated carbocycles. The molecule has 0 fully saturated rings. The van der Waals surface area contributed by atoms with Crippen molar-refractivity contribution in [3.63, 3.8) is 0 Å². The first-order chi connectivity index (χ1) is 17.3. The standard InChI is InChI=1S/C31H43N3O/c1-2-3-4-5-6-7-8-9-10-11-12-13-14-15-18-26-23-24-32-30(25-26)33-34-31-28-20-17-16-19-27(28)21-22-29(31)35/h16-17,19-25,35H,2-15,18H2,1H3. The molecule has 0 amide bonds. The predicted octanol–water partition coefficient (Wildman–Crippen LogP) is 10.4. The zero-order valence-electron chi connectivity index (χ0n) is 21.6. The lowest BCUT2D eigenvalue weighted by atomic mass is 10.0. The first kappa shape index (κ1) is 26.8. The average molecular weight is 474 g/mol. The number of rotatable bonds is 17. The molecule has 0 saturated heterocycles. The van der Waals surface area contributed by atoms with Crippen LogP contribution in [0.5, 0.6) is 5.75 Å². The summed E-state index contributed by atoms with van der Waals surface area (Å²) >= 11 is 0. The zero-order chi connectivity index (χ0) is 24.6. The normalized spacial score (nSPS) is 11.6. The lowest BCUT2D eigenvalue weighted by Gasteiger charge is -2.05. The van der Waals surface area contributed by atoms with Crippen LogP contribution in [0.2, 0.25) is 0 Å². The van der Waals surface area contributed by atoms with Gasteiger partial charge in [0.2, 0.25) is 0 Å². The van der Waals surface area contributed by atoms with Crippen molar-refractivity contribution < 1.29 is 5.11 Å². The number of azo groups is 1. The first-order valence-electron chi connectivity index (χ1n) is 13.9. The monoisotopic (exact) mass is 473 g/mol. The minimum atomic E-state index is 0.131. The van der Waals surface area contributed by atoms with Crippen LogP contribution in [0.15, 0.2) is 65.0 Å². The molecule has 4 nitrogen and oxygen atoms in total. The van der Waals surface area contributed by atoms with Crippen LogP contribution in [-0.4, -0.2) is 10.1 Å². The van der Waals surface area contributed by atoms with Crippen LogP contribution in [0.3, 0.4) is 0 Å². The fourth-order valence-electron chi connectivity index (χ4n) is 4.64. The smallest absolute Gasteiger partial charge is 0.174 e. The molecule has 4 heteroatoms. The Bertz CT molecular complexity index is 1030. The van der Waals surface area contributed by atoms with Crippen LogP contribution in [0, 0.1) is 0 Å². The molecule has 3 rings (SSSR count). The second kappa shape index (κ2) is 16.0. The van der Waals surface area contributed by atoms with Crippen LogP contribution < -0.4 is 0 Å². The summed E-state index contributed by atoms with van der Waals surface area (Å²) in [5.74, 6) is 0.714. The highest BCUT2D eigenvalue weighted by Gasteiger charge is 2.06. The van der Waals surface area contributed by atoms with Crippen molar-refractivity contribution in [3.05, 3.63) is 60.3 Å². The molecule has 0 spiro atoms. The summed E-state index contributed by atoms with van der Waals surface area (Å²) in [6, 6.07) is 15.5. The Labute approximate surface area is 211 Å². The maximum Gasteiger partial charge on any atom is 0.174 e. The highest BCUT2D eigenvalue weighted by molar-refractivity contribution is 5.95. The lowest BCUT2D eigenvalue weighted by Crippen LogP contribution is -1.87. The Balaban J connectivity index is 1.31. The van der Waals surface area contributed by atoms with Crippen molar-refractivity contribution in [1.82, 2.24) is 4.98 Å². The van der Waals surface area contributed by atoms with Gasteiger partial charge in [-0.15, -0.1) is 10.2 Å². The quantitative estimate of drug-likeness (QED) is 0.156. The Kier molecular flexibility index (Phi) is 12.3. The molecule has 0 radical (unpaired) electrons. The summed E-state index contributed by atoms with van der Waals surface area (Å²) in [5.41, 5.74) is 1.73. The number of aromatic nitrogens is 1. The number of aromatic hydroxyl groups is 1. The topological polar surface area (TPSA) is 57.8 Å². The van der Waals surface area contributed by atoms with E-state index in [0.717, 1.165) is 17.2 Å². The zero-order valence-corrected chi connectivity index (χ0v) is 21.6. The molecule has 2 aromatic carbocycles. The molecule has 0 aliphatic carbocycles. The molecule has 0 aliphatic rings. The van der Waals surface area contributed by atoms with Gasteiger partial charge in [0.15, 0.2) is 5.82 Å². The number of pyridine rings is 1. The van der Waals surface area contributed by atoms with Gasteiger partial charge < -0.3 is 5.11 Å². The van der Waals surface area contributed by atoms with E-state index >= 15 is 0 Å². The maximum atomic E-state index is 10.3. The minimum absolute atomic E-state index is 0.131. The third kappa shape index (κ3) is 9.79. The van der Waals surface area contributed by atoms with Crippen LogP contribution in [0.1, 0.15) is 102 Å². The number of hydrogen-bond donors (Lipinski definition) is 1. The van der Waals surface area contributed by atoms with Gasteiger partial charge in [-0.1, -0.05) is 121 Å². The van der Waals surface area contributed by atoms with Gasteiger partial charge in [-0.05, 0) is 42.0 Å². The third-order valence-electron chi connectivity index (χ3n) is 6.76. The van der Waals surface area contributed by atoms with Crippen molar-refractivity contribution in [3.8, 4) is 5.75 Å². The molecule has 0 bridgehead atoms. The summed E-state index contributed by atoms with van der Waals surface area (Å²) in [6.07, 6.45) is 22.1. The van der Waals surface area contributed by atoms with E-state index in [4.69, 9.17) is 0 Å². The van der Waals surface area contributed by atoms with E-state index in [0.29, 0.717) is 11.5 Å². The average Bonchev–Trinajstić information content (AvgIpc) is 2.88. The molecule has 188 valence electrons. The van der Waals surface area contributed by atoms with Crippen LogP contribution >= 0.6 is 0 Å². The second-order valence-corrected chi connectivity index (χ2v) is 9.72. The lowest BCUT2D eigenvalue weighted by molar-refractivity contribution is 0.477. The molecule has 1 heterocycles. The van der Waals surface area contributed by atoms with Gasteiger partial charge >= 0.3 is 0 Å². The highest BCUT2D eigenvalue weighted by Crippen LogP contribution is 2.35. The van der Waals surface area contributed by atoms with E-state index in [1.807, 2.05) is 36.4 Å². The summed E-state index contributed by atoms with van der Waals surface area (Å²) in [6.45, 7) is 2.28. The maximum absolute atomic E-state index is 10.3. The molecule has 0 unspecified atom stereocenters. The van der Waals surface area contributed by atoms with Crippen molar-refractivity contribution in [2.45, 2.75) is 103 Å². The SMILES string of the molecule is CCCCCCCCCCCCCCCCc1ccnc(N=Nc2c(O)ccc3ccccc23)c1. The van der Waals surface area contributed by atoms with E-state index < -0.39 is 0 Å². The van der Waals surface area contributed by atoms with Crippen LogP contribution in [0.4, 0.5) is 11.5 Å². The van der Waals surface area contributed by atoms with Gasteiger partial charge in [0.1, 0.15) is 11.4 Å². The minimum Gasteiger partial charge on any atom is -0.506 e. The summed E-state index contributed by atoms with van der Waals surface area (Å²) < 4.78 is 0. The van der Waals surface area contributed by atoms with E-state index in [1.54, 1.807) is 12.3 Å². The molecular formula is C31H43N3O. The highest BCUT2D eigenvalue weighted by atomic mass is 16.3. The first-order valence-corrected chi connectivity index (χ1v) is 13.9.